The third-order valence-corrected chi connectivity index (χ3v) is 12.0. The molecule has 0 aromatic heterocycles. The maximum absolute atomic E-state index is 14.7. The van der Waals surface area contributed by atoms with Crippen molar-refractivity contribution in [2.75, 3.05) is 19.7 Å². The van der Waals surface area contributed by atoms with Crippen molar-refractivity contribution in [1.29, 1.82) is 0 Å². The number of carbonyl (C=O) groups excluding carboxylic acids is 3. The number of hydrogen-bond donors (Lipinski definition) is 1. The zero-order chi connectivity index (χ0) is 29.3. The first kappa shape index (κ1) is 29.9. The second kappa shape index (κ2) is 12.3. The SMILES string of the molecule is C=CCN(Cc1ccccc1)C(=O)[C@@H]1[C@@H]2CC(C)C3(S2)C(C(=O)N(CC=C)C2CCCCC2)N([C@H](C)CO)C(=O)[C@H]13. The molecule has 0 radical (unpaired) electrons. The fraction of sp³-hybridized carbons (Fsp3) is 0.606. The van der Waals surface area contributed by atoms with Crippen LogP contribution in [-0.4, -0.2) is 85.3 Å². The third-order valence-electron chi connectivity index (χ3n) is 9.94. The maximum atomic E-state index is 14.7. The molecular weight excluding hydrogens is 534 g/mol. The Morgan fingerprint density at radius 1 is 1.12 bits per heavy atom. The summed E-state index contributed by atoms with van der Waals surface area (Å²) in [5.41, 5.74) is 1.02. The Kier molecular flexibility index (Phi) is 9.00. The van der Waals surface area contributed by atoms with E-state index < -0.39 is 28.7 Å². The molecule has 1 N–H and O–H groups in total. The highest BCUT2D eigenvalue weighted by molar-refractivity contribution is 8.02. The minimum atomic E-state index is -0.714. The Labute approximate surface area is 249 Å². The number of amides is 3. The number of benzene rings is 1. The molecule has 41 heavy (non-hydrogen) atoms. The molecule has 1 saturated carbocycles. The number of nitrogens with zero attached hydrogens (tertiary/aromatic N) is 3. The van der Waals surface area contributed by atoms with Crippen molar-refractivity contribution in [3.8, 4) is 0 Å². The van der Waals surface area contributed by atoms with E-state index in [0.717, 1.165) is 37.7 Å². The molecule has 7 atom stereocenters. The summed E-state index contributed by atoms with van der Waals surface area (Å²) < 4.78 is -0.705. The van der Waals surface area contributed by atoms with Crippen LogP contribution in [0.3, 0.4) is 0 Å². The first-order chi connectivity index (χ1) is 19.8. The van der Waals surface area contributed by atoms with Crippen LogP contribution in [0.15, 0.2) is 55.6 Å². The first-order valence-electron chi connectivity index (χ1n) is 15.3. The summed E-state index contributed by atoms with van der Waals surface area (Å²) in [6.45, 7) is 12.8. The average molecular weight is 580 g/mol. The summed E-state index contributed by atoms with van der Waals surface area (Å²) in [4.78, 5) is 49.0. The van der Waals surface area contributed by atoms with Crippen LogP contribution in [0.4, 0.5) is 0 Å². The van der Waals surface area contributed by atoms with E-state index in [0.29, 0.717) is 19.6 Å². The highest BCUT2D eigenvalue weighted by Crippen LogP contribution is 2.69. The minimum absolute atomic E-state index is 0.0287. The van der Waals surface area contributed by atoms with E-state index in [1.54, 1.807) is 33.7 Å². The van der Waals surface area contributed by atoms with Gasteiger partial charge in [0.15, 0.2) is 0 Å². The maximum Gasteiger partial charge on any atom is 0.247 e. The van der Waals surface area contributed by atoms with E-state index >= 15 is 0 Å². The molecule has 1 spiro atoms. The Morgan fingerprint density at radius 2 is 1.80 bits per heavy atom. The first-order valence-corrected chi connectivity index (χ1v) is 16.1. The lowest BCUT2D eigenvalue weighted by atomic mass is 9.65. The fourth-order valence-electron chi connectivity index (χ4n) is 8.09. The highest BCUT2D eigenvalue weighted by atomic mass is 32.2. The number of aliphatic hydroxyl groups excluding tert-OH is 1. The van der Waals surface area contributed by atoms with E-state index in [9.17, 15) is 19.5 Å². The van der Waals surface area contributed by atoms with Crippen LogP contribution in [0.2, 0.25) is 0 Å². The van der Waals surface area contributed by atoms with E-state index in [2.05, 4.69) is 20.1 Å². The largest absolute Gasteiger partial charge is 0.394 e. The van der Waals surface area contributed by atoms with Gasteiger partial charge >= 0.3 is 0 Å². The van der Waals surface area contributed by atoms with Gasteiger partial charge in [0, 0.05) is 30.9 Å². The van der Waals surface area contributed by atoms with E-state index in [1.165, 1.54) is 6.42 Å². The number of likely N-dealkylation sites (tertiary alicyclic amines) is 1. The molecule has 3 unspecified atom stereocenters. The standard InChI is InChI=1S/C33H45N3O4S/c1-5-17-34(20-24-13-9-7-10-14-24)30(38)27-26-19-22(3)33(41-26)28(27)31(39)36(23(4)21-37)29(33)32(40)35(18-6-2)25-15-11-8-12-16-25/h5-7,9-10,13-14,22-23,25-29,37H,1-2,8,11-12,15-21H2,3-4H3/t22?,23-,26+,27-,28+,29?,33?/m1/s1. The van der Waals surface area contributed by atoms with E-state index in [-0.39, 0.29) is 41.5 Å². The van der Waals surface area contributed by atoms with Crippen LogP contribution < -0.4 is 0 Å². The molecule has 1 aromatic carbocycles. The molecule has 4 fully saturated rings. The Balaban J connectivity index is 1.53. The normalized spacial score (nSPS) is 31.5. The van der Waals surface area contributed by atoms with Gasteiger partial charge in [-0.3, -0.25) is 14.4 Å². The molecule has 8 heteroatoms. The van der Waals surface area contributed by atoms with Gasteiger partial charge in [0.05, 0.1) is 29.2 Å². The summed E-state index contributed by atoms with van der Waals surface area (Å²) in [6.07, 6.45) is 9.56. The van der Waals surface area contributed by atoms with Crippen LogP contribution in [0.25, 0.3) is 0 Å². The third kappa shape index (κ3) is 5.05. The Bertz CT molecular complexity index is 1150. The Hall–Kier alpha value is -2.58. The fourth-order valence-corrected chi connectivity index (χ4v) is 10.5. The second-order valence-electron chi connectivity index (χ2n) is 12.4. The molecule has 1 aromatic rings. The van der Waals surface area contributed by atoms with E-state index in [4.69, 9.17) is 0 Å². The van der Waals surface area contributed by atoms with Crippen LogP contribution >= 0.6 is 11.8 Å². The van der Waals surface area contributed by atoms with Gasteiger partial charge < -0.3 is 19.8 Å². The van der Waals surface area contributed by atoms with Crippen LogP contribution in [0.1, 0.15) is 57.9 Å². The topological polar surface area (TPSA) is 81.2 Å². The van der Waals surface area contributed by atoms with Gasteiger partial charge in [-0.05, 0) is 37.7 Å². The summed E-state index contributed by atoms with van der Waals surface area (Å²) in [5, 5.41) is 10.2. The van der Waals surface area contributed by atoms with Gasteiger partial charge in [0.2, 0.25) is 17.7 Å². The number of thioether (sulfide) groups is 1. The van der Waals surface area contributed by atoms with Gasteiger partial charge in [-0.25, -0.2) is 0 Å². The van der Waals surface area contributed by atoms with Crippen molar-refractivity contribution in [1.82, 2.24) is 14.7 Å². The predicted octanol–water partition coefficient (Wildman–Crippen LogP) is 4.27. The number of aliphatic hydroxyl groups is 1. The molecule has 3 amide bonds. The molecule has 1 aliphatic carbocycles. The molecule has 3 heterocycles. The molecule has 3 saturated heterocycles. The summed E-state index contributed by atoms with van der Waals surface area (Å²) in [7, 11) is 0. The van der Waals surface area contributed by atoms with Crippen molar-refractivity contribution in [3.63, 3.8) is 0 Å². The van der Waals surface area contributed by atoms with E-state index in [1.807, 2.05) is 42.2 Å². The summed E-state index contributed by atoms with van der Waals surface area (Å²) >= 11 is 1.70. The average Bonchev–Trinajstić information content (AvgIpc) is 3.59. The molecule has 5 rings (SSSR count). The number of carbonyl (C=O) groups is 3. The lowest BCUT2D eigenvalue weighted by Gasteiger charge is -2.44. The lowest BCUT2D eigenvalue weighted by molar-refractivity contribution is -0.147. The summed E-state index contributed by atoms with van der Waals surface area (Å²) in [6, 6.07) is 8.76. The van der Waals surface area contributed by atoms with Crippen molar-refractivity contribution < 1.29 is 19.5 Å². The van der Waals surface area contributed by atoms with Crippen molar-refractivity contribution in [3.05, 3.63) is 61.2 Å². The molecule has 7 nitrogen and oxygen atoms in total. The van der Waals surface area contributed by atoms with Crippen molar-refractivity contribution in [2.45, 2.75) is 87.0 Å². The number of fused-ring (bicyclic) bond motifs is 1. The zero-order valence-corrected chi connectivity index (χ0v) is 25.3. The molecule has 2 bridgehead atoms. The quantitative estimate of drug-likeness (QED) is 0.396. The molecule has 4 aliphatic rings. The van der Waals surface area contributed by atoms with Crippen molar-refractivity contribution >= 4 is 29.5 Å². The second-order valence-corrected chi connectivity index (χ2v) is 13.9. The van der Waals surface area contributed by atoms with Gasteiger partial charge in [-0.2, -0.15) is 0 Å². The van der Waals surface area contributed by atoms with Gasteiger partial charge in [0.1, 0.15) is 6.04 Å². The van der Waals surface area contributed by atoms with Crippen LogP contribution in [0, 0.1) is 17.8 Å². The highest BCUT2D eigenvalue weighted by Gasteiger charge is 2.76. The smallest absolute Gasteiger partial charge is 0.247 e. The summed E-state index contributed by atoms with van der Waals surface area (Å²) in [5.74, 6) is -1.28. The lowest BCUT2D eigenvalue weighted by Crippen LogP contribution is -2.60. The molecule has 222 valence electrons. The predicted molar refractivity (Wildman–Crippen MR) is 163 cm³/mol. The zero-order valence-electron chi connectivity index (χ0n) is 24.5. The van der Waals surface area contributed by atoms with Crippen molar-refractivity contribution in [2.24, 2.45) is 17.8 Å². The number of rotatable bonds is 11. The van der Waals surface area contributed by atoms with Gasteiger partial charge in [-0.15, -0.1) is 24.9 Å². The van der Waals surface area contributed by atoms with Gasteiger partial charge in [0.25, 0.3) is 0 Å². The van der Waals surface area contributed by atoms with Crippen LogP contribution in [0.5, 0.6) is 0 Å². The van der Waals surface area contributed by atoms with Crippen LogP contribution in [-0.2, 0) is 20.9 Å². The van der Waals surface area contributed by atoms with Gasteiger partial charge in [-0.1, -0.05) is 68.7 Å². The Morgan fingerprint density at radius 3 is 2.44 bits per heavy atom. The minimum Gasteiger partial charge on any atom is -0.394 e. The molecule has 3 aliphatic heterocycles. The molecular formula is C33H45N3O4S. The monoisotopic (exact) mass is 579 g/mol. The number of hydrogen-bond acceptors (Lipinski definition) is 5.